The third-order valence-corrected chi connectivity index (χ3v) is 3.95. The zero-order valence-corrected chi connectivity index (χ0v) is 11.5. The molecule has 1 aromatic heterocycles. The van der Waals surface area contributed by atoms with Gasteiger partial charge in [0.05, 0.1) is 0 Å². The highest BCUT2D eigenvalue weighted by atomic mass is 32.2. The summed E-state index contributed by atoms with van der Waals surface area (Å²) in [4.78, 5) is 0.221. The third-order valence-electron chi connectivity index (χ3n) is 2.42. The molecule has 0 bridgehead atoms. The van der Waals surface area contributed by atoms with E-state index >= 15 is 0 Å². The maximum Gasteiger partial charge on any atom is 0.244 e. The molecule has 0 aliphatic carbocycles. The van der Waals surface area contributed by atoms with Crippen LogP contribution in [0.25, 0.3) is 0 Å². The van der Waals surface area contributed by atoms with Crippen LogP contribution in [0.1, 0.15) is 25.4 Å². The molecular weight excluding hydrogens is 240 g/mol. The Kier molecular flexibility index (Phi) is 4.73. The Balaban J connectivity index is 2.73. The maximum absolute atomic E-state index is 12.0. The summed E-state index contributed by atoms with van der Waals surface area (Å²) in [6, 6.07) is 1.64. The van der Waals surface area contributed by atoms with Gasteiger partial charge in [-0.15, -0.1) is 0 Å². The van der Waals surface area contributed by atoms with Crippen molar-refractivity contribution in [3.63, 3.8) is 0 Å². The molecule has 1 atom stereocenters. The van der Waals surface area contributed by atoms with Gasteiger partial charge in [-0.1, -0.05) is 6.92 Å². The first-order chi connectivity index (χ1) is 7.86. The lowest BCUT2D eigenvalue weighted by Gasteiger charge is -2.13. The van der Waals surface area contributed by atoms with E-state index < -0.39 is 10.0 Å². The van der Waals surface area contributed by atoms with Crippen LogP contribution in [0.2, 0.25) is 0 Å². The number of rotatable bonds is 6. The summed E-state index contributed by atoms with van der Waals surface area (Å²) in [5, 5.41) is 3.14. The second kappa shape index (κ2) is 5.66. The molecule has 0 radical (unpaired) electrons. The van der Waals surface area contributed by atoms with Gasteiger partial charge >= 0.3 is 0 Å². The van der Waals surface area contributed by atoms with Crippen LogP contribution in [-0.2, 0) is 10.0 Å². The van der Waals surface area contributed by atoms with Gasteiger partial charge in [0.25, 0.3) is 0 Å². The molecule has 0 fully saturated rings. The fourth-order valence-corrected chi connectivity index (χ4v) is 2.97. The Morgan fingerprint density at radius 2 is 2.06 bits per heavy atom. The average molecular weight is 260 g/mol. The Bertz CT molecular complexity index is 465. The Labute approximate surface area is 103 Å². The molecule has 0 saturated carbocycles. The summed E-state index contributed by atoms with van der Waals surface area (Å²) in [7, 11) is -3.47. The SMILES string of the molecule is CCN[C@H](C)CNS(=O)(=O)c1cc(C)oc1C. The highest BCUT2D eigenvalue weighted by molar-refractivity contribution is 7.89. The van der Waals surface area contributed by atoms with E-state index in [1.807, 2.05) is 13.8 Å². The van der Waals surface area contributed by atoms with Crippen LogP contribution in [0.15, 0.2) is 15.4 Å². The quantitative estimate of drug-likeness (QED) is 0.805. The van der Waals surface area contributed by atoms with E-state index in [-0.39, 0.29) is 10.9 Å². The number of aryl methyl sites for hydroxylation is 2. The van der Waals surface area contributed by atoms with E-state index in [2.05, 4.69) is 10.0 Å². The van der Waals surface area contributed by atoms with Crippen LogP contribution in [0, 0.1) is 13.8 Å². The van der Waals surface area contributed by atoms with Crippen molar-refractivity contribution in [3.8, 4) is 0 Å². The van der Waals surface area contributed by atoms with Crippen molar-refractivity contribution in [1.82, 2.24) is 10.0 Å². The lowest BCUT2D eigenvalue weighted by Crippen LogP contribution is -2.38. The van der Waals surface area contributed by atoms with Gasteiger partial charge < -0.3 is 9.73 Å². The molecule has 1 rings (SSSR count). The fourth-order valence-electron chi connectivity index (χ4n) is 1.61. The molecule has 0 aliphatic rings. The first kappa shape index (κ1) is 14.2. The minimum atomic E-state index is -3.47. The van der Waals surface area contributed by atoms with E-state index in [1.54, 1.807) is 13.8 Å². The van der Waals surface area contributed by atoms with Crippen molar-refractivity contribution in [2.45, 2.75) is 38.6 Å². The lowest BCUT2D eigenvalue weighted by atomic mass is 10.3. The summed E-state index contributed by atoms with van der Waals surface area (Å²) in [6.07, 6.45) is 0. The first-order valence-electron chi connectivity index (χ1n) is 5.67. The predicted octanol–water partition coefficient (Wildman–Crippen LogP) is 1.17. The van der Waals surface area contributed by atoms with Crippen molar-refractivity contribution in [1.29, 1.82) is 0 Å². The monoisotopic (exact) mass is 260 g/mol. The highest BCUT2D eigenvalue weighted by Crippen LogP contribution is 2.18. The molecule has 0 saturated heterocycles. The van der Waals surface area contributed by atoms with Gasteiger partial charge in [0, 0.05) is 12.6 Å². The van der Waals surface area contributed by atoms with Crippen molar-refractivity contribution in [2.75, 3.05) is 13.1 Å². The summed E-state index contributed by atoms with van der Waals surface area (Å²) in [6.45, 7) is 8.46. The molecule has 5 nitrogen and oxygen atoms in total. The Morgan fingerprint density at radius 3 is 2.53 bits per heavy atom. The molecule has 1 heterocycles. The second-order valence-electron chi connectivity index (χ2n) is 4.09. The van der Waals surface area contributed by atoms with Crippen LogP contribution < -0.4 is 10.0 Å². The molecule has 0 amide bonds. The second-order valence-corrected chi connectivity index (χ2v) is 5.82. The van der Waals surface area contributed by atoms with E-state index in [9.17, 15) is 8.42 Å². The van der Waals surface area contributed by atoms with Crippen molar-refractivity contribution in [2.24, 2.45) is 0 Å². The van der Waals surface area contributed by atoms with Crippen molar-refractivity contribution < 1.29 is 12.8 Å². The van der Waals surface area contributed by atoms with Crippen LogP contribution in [-0.4, -0.2) is 27.5 Å². The molecule has 2 N–H and O–H groups in total. The molecule has 0 aromatic carbocycles. The highest BCUT2D eigenvalue weighted by Gasteiger charge is 2.20. The van der Waals surface area contributed by atoms with Crippen LogP contribution in [0.5, 0.6) is 0 Å². The van der Waals surface area contributed by atoms with Gasteiger partial charge in [-0.25, -0.2) is 13.1 Å². The van der Waals surface area contributed by atoms with Crippen LogP contribution in [0.4, 0.5) is 0 Å². The van der Waals surface area contributed by atoms with E-state index in [0.717, 1.165) is 6.54 Å². The molecule has 6 heteroatoms. The van der Waals surface area contributed by atoms with Crippen molar-refractivity contribution in [3.05, 3.63) is 17.6 Å². The van der Waals surface area contributed by atoms with Crippen LogP contribution >= 0.6 is 0 Å². The Hall–Kier alpha value is -0.850. The van der Waals surface area contributed by atoms with E-state index in [4.69, 9.17) is 4.42 Å². The largest absolute Gasteiger partial charge is 0.465 e. The number of likely N-dealkylation sites (N-methyl/N-ethyl adjacent to an activating group) is 1. The van der Waals surface area contributed by atoms with E-state index in [0.29, 0.717) is 18.1 Å². The zero-order chi connectivity index (χ0) is 13.1. The van der Waals surface area contributed by atoms with Crippen LogP contribution in [0.3, 0.4) is 0 Å². The molecule has 0 spiro atoms. The normalized spacial score (nSPS) is 13.9. The van der Waals surface area contributed by atoms with Gasteiger partial charge in [-0.05, 0) is 33.4 Å². The molecular formula is C11H20N2O3S. The van der Waals surface area contributed by atoms with Gasteiger partial charge in [-0.2, -0.15) is 0 Å². The lowest BCUT2D eigenvalue weighted by molar-refractivity contribution is 0.494. The molecule has 17 heavy (non-hydrogen) atoms. The first-order valence-corrected chi connectivity index (χ1v) is 7.15. The average Bonchev–Trinajstić information content (AvgIpc) is 2.56. The summed E-state index contributed by atoms with van der Waals surface area (Å²) in [5.74, 6) is 1.02. The molecule has 0 aliphatic heterocycles. The number of nitrogens with one attached hydrogen (secondary N) is 2. The smallest absolute Gasteiger partial charge is 0.244 e. The molecule has 98 valence electrons. The molecule has 0 unspecified atom stereocenters. The maximum atomic E-state index is 12.0. The van der Waals surface area contributed by atoms with Gasteiger partial charge in [0.2, 0.25) is 10.0 Å². The Morgan fingerprint density at radius 1 is 1.41 bits per heavy atom. The standard InChI is InChI=1S/C11H20N2O3S/c1-5-12-8(2)7-13-17(14,15)11-6-9(3)16-10(11)4/h6,8,12-13H,5,7H2,1-4H3/t8-/m1/s1. The number of hydrogen-bond acceptors (Lipinski definition) is 4. The topological polar surface area (TPSA) is 71.3 Å². The molecule has 1 aromatic rings. The fraction of sp³-hybridized carbons (Fsp3) is 0.636. The summed E-state index contributed by atoms with van der Waals surface area (Å²) < 4.78 is 31.7. The van der Waals surface area contributed by atoms with Crippen molar-refractivity contribution >= 4 is 10.0 Å². The summed E-state index contributed by atoms with van der Waals surface area (Å²) >= 11 is 0. The zero-order valence-electron chi connectivity index (χ0n) is 10.7. The van der Waals surface area contributed by atoms with Gasteiger partial charge in [-0.3, -0.25) is 0 Å². The van der Waals surface area contributed by atoms with Gasteiger partial charge in [0.15, 0.2) is 0 Å². The number of sulfonamides is 1. The number of hydrogen-bond donors (Lipinski definition) is 2. The number of furan rings is 1. The van der Waals surface area contributed by atoms with Gasteiger partial charge in [0.1, 0.15) is 16.4 Å². The minimum absolute atomic E-state index is 0.100. The summed E-state index contributed by atoms with van der Waals surface area (Å²) in [5.41, 5.74) is 0. The third kappa shape index (κ3) is 3.83. The minimum Gasteiger partial charge on any atom is -0.465 e. The predicted molar refractivity (Wildman–Crippen MR) is 66.5 cm³/mol. The van der Waals surface area contributed by atoms with E-state index in [1.165, 1.54) is 6.07 Å².